The van der Waals surface area contributed by atoms with E-state index in [1.165, 1.54) is 6.07 Å². The average Bonchev–Trinajstić information content (AvgIpc) is 2.48. The monoisotopic (exact) mass is 346 g/mol. The maximum absolute atomic E-state index is 12.1. The summed E-state index contributed by atoms with van der Waals surface area (Å²) in [5, 5.41) is 5.58. The molecule has 24 heavy (non-hydrogen) atoms. The lowest BCUT2D eigenvalue weighted by atomic mass is 10.3. The zero-order chi connectivity index (χ0) is 18.0. The van der Waals surface area contributed by atoms with Crippen molar-refractivity contribution in [3.05, 3.63) is 34.2 Å². The number of nitrogens with one attached hydrogen (secondary N) is 2. The van der Waals surface area contributed by atoms with Gasteiger partial charge in [-0.3, -0.25) is 9.79 Å². The molecule has 0 aliphatic carbocycles. The average molecular weight is 346 g/mol. The van der Waals surface area contributed by atoms with Gasteiger partial charge in [-0.15, -0.1) is 0 Å². The number of unbranched alkanes of at least 4 members (excludes halogenated alkanes) is 1. The summed E-state index contributed by atoms with van der Waals surface area (Å²) in [4.78, 5) is 16.0. The fraction of sp³-hybridized carbons (Fsp3) is 0.625. The van der Waals surface area contributed by atoms with Gasteiger partial charge in [0.1, 0.15) is 0 Å². The van der Waals surface area contributed by atoms with Gasteiger partial charge in [-0.2, -0.15) is 13.2 Å². The molecule has 5 nitrogen and oxygen atoms in total. The zero-order valence-electron chi connectivity index (χ0n) is 14.1. The largest absolute Gasteiger partial charge is 0.390 e. The number of halogens is 3. The van der Waals surface area contributed by atoms with Crippen molar-refractivity contribution >= 4 is 5.96 Å². The molecule has 0 atom stereocenters. The quantitative estimate of drug-likeness (QED) is 0.432. The van der Waals surface area contributed by atoms with Crippen molar-refractivity contribution in [3.8, 4) is 0 Å². The van der Waals surface area contributed by atoms with Crippen molar-refractivity contribution in [2.45, 2.75) is 45.8 Å². The number of aryl methyl sites for hydroxylation is 1. The Kier molecular flexibility index (Phi) is 8.35. The second-order valence-electron chi connectivity index (χ2n) is 5.42. The molecule has 0 amide bonds. The van der Waals surface area contributed by atoms with Crippen LogP contribution in [0.15, 0.2) is 28.0 Å². The summed E-state index contributed by atoms with van der Waals surface area (Å²) in [7, 11) is 0. The van der Waals surface area contributed by atoms with E-state index in [1.807, 2.05) is 19.9 Å². The van der Waals surface area contributed by atoms with E-state index in [0.717, 1.165) is 18.5 Å². The number of aliphatic imine (C=N–C) groups is 1. The highest BCUT2D eigenvalue weighted by Crippen LogP contribution is 2.17. The predicted octanol–water partition coefficient (Wildman–Crippen LogP) is 2.44. The highest BCUT2D eigenvalue weighted by molar-refractivity contribution is 5.79. The molecule has 1 aromatic rings. The number of aromatic nitrogens is 1. The summed E-state index contributed by atoms with van der Waals surface area (Å²) in [5.41, 5.74) is 0.883. The first-order valence-corrected chi connectivity index (χ1v) is 8.09. The van der Waals surface area contributed by atoms with E-state index in [-0.39, 0.29) is 12.1 Å². The van der Waals surface area contributed by atoms with Crippen LogP contribution >= 0.6 is 0 Å². The molecule has 0 saturated carbocycles. The molecule has 1 aromatic heterocycles. The van der Waals surface area contributed by atoms with Crippen molar-refractivity contribution < 1.29 is 13.2 Å². The van der Waals surface area contributed by atoms with E-state index in [2.05, 4.69) is 15.6 Å². The van der Waals surface area contributed by atoms with Crippen LogP contribution in [0.4, 0.5) is 13.2 Å². The molecule has 0 aliphatic heterocycles. The summed E-state index contributed by atoms with van der Waals surface area (Å²) < 4.78 is 38.1. The van der Waals surface area contributed by atoms with Gasteiger partial charge in [0.25, 0.3) is 5.56 Å². The third-order valence-corrected chi connectivity index (χ3v) is 3.37. The molecular weight excluding hydrogens is 321 g/mol. The van der Waals surface area contributed by atoms with Crippen LogP contribution in [0.5, 0.6) is 0 Å². The Morgan fingerprint density at radius 1 is 1.25 bits per heavy atom. The van der Waals surface area contributed by atoms with Crippen LogP contribution < -0.4 is 16.2 Å². The minimum Gasteiger partial charge on any atom is -0.357 e. The van der Waals surface area contributed by atoms with Gasteiger partial charge in [0.2, 0.25) is 0 Å². The zero-order valence-corrected chi connectivity index (χ0v) is 14.1. The highest BCUT2D eigenvalue weighted by Gasteiger charge is 2.26. The second kappa shape index (κ2) is 10.00. The SMILES string of the molecule is CCNC(=NCCCCn1c(C)cccc1=O)NCCC(F)(F)F. The Balaban J connectivity index is 2.37. The molecule has 0 spiro atoms. The van der Waals surface area contributed by atoms with Gasteiger partial charge >= 0.3 is 6.18 Å². The number of rotatable bonds is 8. The van der Waals surface area contributed by atoms with E-state index in [1.54, 1.807) is 10.6 Å². The Morgan fingerprint density at radius 3 is 2.62 bits per heavy atom. The van der Waals surface area contributed by atoms with Crippen molar-refractivity contribution in [2.24, 2.45) is 4.99 Å². The van der Waals surface area contributed by atoms with Crippen LogP contribution in [0.2, 0.25) is 0 Å². The number of hydrogen-bond acceptors (Lipinski definition) is 2. The first-order chi connectivity index (χ1) is 11.3. The highest BCUT2D eigenvalue weighted by atomic mass is 19.4. The van der Waals surface area contributed by atoms with Crippen molar-refractivity contribution in [3.63, 3.8) is 0 Å². The van der Waals surface area contributed by atoms with Gasteiger partial charge < -0.3 is 15.2 Å². The lowest BCUT2D eigenvalue weighted by Crippen LogP contribution is -2.39. The van der Waals surface area contributed by atoms with Gasteiger partial charge in [-0.1, -0.05) is 6.07 Å². The first-order valence-electron chi connectivity index (χ1n) is 8.09. The Bertz CT molecular complexity index is 581. The van der Waals surface area contributed by atoms with E-state index in [9.17, 15) is 18.0 Å². The lowest BCUT2D eigenvalue weighted by Gasteiger charge is -2.12. The minimum atomic E-state index is -4.18. The van der Waals surface area contributed by atoms with E-state index < -0.39 is 12.6 Å². The predicted molar refractivity (Wildman–Crippen MR) is 89.3 cm³/mol. The molecule has 136 valence electrons. The molecule has 0 aliphatic rings. The summed E-state index contributed by atoms with van der Waals surface area (Å²) in [6.45, 7) is 5.21. The maximum Gasteiger partial charge on any atom is 0.390 e. The van der Waals surface area contributed by atoms with Crippen LogP contribution in [0.1, 0.15) is 31.9 Å². The molecule has 1 rings (SSSR count). The third kappa shape index (κ3) is 8.03. The molecule has 0 saturated heterocycles. The second-order valence-corrected chi connectivity index (χ2v) is 5.42. The topological polar surface area (TPSA) is 58.4 Å². The maximum atomic E-state index is 12.1. The fourth-order valence-electron chi connectivity index (χ4n) is 2.15. The van der Waals surface area contributed by atoms with Crippen LogP contribution in [-0.2, 0) is 6.54 Å². The number of alkyl halides is 3. The van der Waals surface area contributed by atoms with Crippen molar-refractivity contribution in [1.29, 1.82) is 0 Å². The molecule has 0 unspecified atom stereocenters. The molecule has 2 N–H and O–H groups in total. The Hall–Kier alpha value is -1.99. The molecule has 0 bridgehead atoms. The van der Waals surface area contributed by atoms with Gasteiger partial charge in [0.15, 0.2) is 5.96 Å². The first kappa shape index (κ1) is 20.1. The van der Waals surface area contributed by atoms with Gasteiger partial charge in [-0.05, 0) is 32.8 Å². The third-order valence-electron chi connectivity index (χ3n) is 3.37. The van der Waals surface area contributed by atoms with Gasteiger partial charge in [-0.25, -0.2) is 0 Å². The van der Waals surface area contributed by atoms with Crippen molar-refractivity contribution in [2.75, 3.05) is 19.6 Å². The molecule has 8 heteroatoms. The molecule has 0 radical (unpaired) electrons. The number of nitrogens with zero attached hydrogens (tertiary/aromatic N) is 2. The normalized spacial score (nSPS) is 12.3. The number of pyridine rings is 1. The molecule has 0 aromatic carbocycles. The fourth-order valence-corrected chi connectivity index (χ4v) is 2.15. The van der Waals surface area contributed by atoms with E-state index in [0.29, 0.717) is 25.6 Å². The van der Waals surface area contributed by atoms with Crippen LogP contribution in [0.25, 0.3) is 0 Å². The van der Waals surface area contributed by atoms with Gasteiger partial charge in [0.05, 0.1) is 6.42 Å². The van der Waals surface area contributed by atoms with Crippen molar-refractivity contribution in [1.82, 2.24) is 15.2 Å². The lowest BCUT2D eigenvalue weighted by molar-refractivity contribution is -0.132. The number of hydrogen-bond donors (Lipinski definition) is 2. The van der Waals surface area contributed by atoms with Crippen LogP contribution in [0.3, 0.4) is 0 Å². The summed E-state index contributed by atoms with van der Waals surface area (Å²) >= 11 is 0. The Labute approximate surface area is 140 Å². The molecular formula is C16H25F3N4O. The molecule has 0 fully saturated rings. The van der Waals surface area contributed by atoms with E-state index >= 15 is 0 Å². The smallest absolute Gasteiger partial charge is 0.357 e. The van der Waals surface area contributed by atoms with E-state index in [4.69, 9.17) is 0 Å². The Morgan fingerprint density at radius 2 is 2.00 bits per heavy atom. The molecule has 1 heterocycles. The summed E-state index contributed by atoms with van der Waals surface area (Å²) in [5.74, 6) is 0.384. The summed E-state index contributed by atoms with van der Waals surface area (Å²) in [6.07, 6.45) is -3.55. The van der Waals surface area contributed by atoms with Gasteiger partial charge in [0, 0.05) is 37.9 Å². The minimum absolute atomic E-state index is 0.0272. The summed E-state index contributed by atoms with van der Waals surface area (Å²) in [6, 6.07) is 5.14. The standard InChI is InChI=1S/C16H25F3N4O/c1-3-20-15(22-11-9-16(17,18)19)21-10-4-5-12-23-13(2)7-6-8-14(23)24/h6-8H,3-5,9-12H2,1-2H3,(H2,20,21,22). The number of guanidine groups is 1. The van der Waals surface area contributed by atoms with Crippen LogP contribution in [0, 0.1) is 6.92 Å². The van der Waals surface area contributed by atoms with Crippen LogP contribution in [-0.4, -0.2) is 36.3 Å².